The molecule has 0 saturated heterocycles. The average Bonchev–Trinajstić information content (AvgIpc) is 3.39. The topological polar surface area (TPSA) is 157 Å². The number of hydrogen-bond acceptors (Lipinski definition) is 9. The van der Waals surface area contributed by atoms with Gasteiger partial charge in [-0.2, -0.15) is 10.2 Å². The summed E-state index contributed by atoms with van der Waals surface area (Å²) in [4.78, 5) is 13.5. The monoisotopic (exact) mass is 461 g/mol. The second-order valence-electron chi connectivity index (χ2n) is 7.41. The van der Waals surface area contributed by atoms with Gasteiger partial charge < -0.3 is 11.1 Å². The number of benzene rings is 1. The summed E-state index contributed by atoms with van der Waals surface area (Å²) in [5.74, 6) is 1.87. The predicted octanol–water partition coefficient (Wildman–Crippen LogP) is 2.61. The maximum atomic E-state index is 12.0. The Hall–Kier alpha value is -4.32. The fraction of sp³-hybridized carbons (Fsp3) is 0.0952. The summed E-state index contributed by atoms with van der Waals surface area (Å²) < 4.78 is 25.7. The highest BCUT2D eigenvalue weighted by molar-refractivity contribution is 7.90. The normalized spacial score (nSPS) is 11.7. The lowest BCUT2D eigenvalue weighted by Crippen LogP contribution is -2.03. The fourth-order valence-electron chi connectivity index (χ4n) is 3.45. The minimum atomic E-state index is -3.36. The Morgan fingerprint density at radius 3 is 2.61 bits per heavy atom. The molecule has 0 aliphatic heterocycles. The molecule has 0 spiro atoms. The number of aryl methyl sites for hydroxylation is 1. The molecule has 11 nitrogen and oxygen atoms in total. The number of nitrogens with one attached hydrogen (secondary N) is 2. The lowest BCUT2D eigenvalue weighted by molar-refractivity contribution is 0.602. The fourth-order valence-corrected chi connectivity index (χ4v) is 4.12. The maximum absolute atomic E-state index is 12.0. The summed E-state index contributed by atoms with van der Waals surface area (Å²) in [6.45, 7) is 1.75. The third-order valence-electron chi connectivity index (χ3n) is 4.88. The number of sulfone groups is 1. The van der Waals surface area contributed by atoms with Crippen molar-refractivity contribution in [3.05, 3.63) is 60.6 Å². The Morgan fingerprint density at radius 2 is 1.88 bits per heavy atom. The van der Waals surface area contributed by atoms with Crippen molar-refractivity contribution in [2.75, 3.05) is 17.3 Å². The molecule has 5 rings (SSSR count). The average molecular weight is 462 g/mol. The van der Waals surface area contributed by atoms with Crippen molar-refractivity contribution in [1.29, 1.82) is 0 Å². The number of H-pyrrole nitrogens is 1. The van der Waals surface area contributed by atoms with Crippen LogP contribution in [0.3, 0.4) is 0 Å². The zero-order chi connectivity index (χ0) is 23.2. The van der Waals surface area contributed by atoms with E-state index in [0.717, 1.165) is 0 Å². The molecule has 0 amide bonds. The van der Waals surface area contributed by atoms with Crippen LogP contribution >= 0.6 is 0 Å². The van der Waals surface area contributed by atoms with Crippen molar-refractivity contribution >= 4 is 32.9 Å². The maximum Gasteiger partial charge on any atom is 0.175 e. The highest BCUT2D eigenvalue weighted by Crippen LogP contribution is 2.31. The molecule has 12 heteroatoms. The van der Waals surface area contributed by atoms with Gasteiger partial charge >= 0.3 is 0 Å². The van der Waals surface area contributed by atoms with Gasteiger partial charge in [0.15, 0.2) is 27.1 Å². The third-order valence-corrected chi connectivity index (χ3v) is 5.99. The van der Waals surface area contributed by atoms with Crippen LogP contribution in [-0.2, 0) is 9.84 Å². The predicted molar refractivity (Wildman–Crippen MR) is 124 cm³/mol. The van der Waals surface area contributed by atoms with Crippen LogP contribution in [-0.4, -0.2) is 49.4 Å². The molecule has 0 atom stereocenters. The number of aromatic amines is 1. The van der Waals surface area contributed by atoms with E-state index in [4.69, 9.17) is 10.8 Å². The van der Waals surface area contributed by atoms with Gasteiger partial charge in [0.1, 0.15) is 17.3 Å². The van der Waals surface area contributed by atoms with E-state index in [0.29, 0.717) is 51.6 Å². The first-order chi connectivity index (χ1) is 15.8. The molecular weight excluding hydrogens is 442 g/mol. The number of rotatable bonds is 5. The molecule has 5 aromatic rings. The van der Waals surface area contributed by atoms with Crippen molar-refractivity contribution in [3.63, 3.8) is 0 Å². The Kier molecular flexibility index (Phi) is 4.78. The standard InChI is InChI=1S/C21H19N9O2S/c1-12-24-16(11-17(22)25-12)20-21(26-18-8-9-23-28-18)27-19-7-6-15(29-30(19)20)13-4-3-5-14(10-13)33(2,31)32/h3-11H,1-2H3,(H2,22,24,25)(H2,23,26,28). The molecule has 0 aliphatic carbocycles. The van der Waals surface area contributed by atoms with Crippen LogP contribution in [0.2, 0.25) is 0 Å². The zero-order valence-corrected chi connectivity index (χ0v) is 18.5. The van der Waals surface area contributed by atoms with Gasteiger partial charge in [0.05, 0.1) is 16.3 Å². The van der Waals surface area contributed by atoms with Crippen LogP contribution in [0.4, 0.5) is 17.5 Å². The minimum Gasteiger partial charge on any atom is -0.384 e. The van der Waals surface area contributed by atoms with Crippen LogP contribution < -0.4 is 11.1 Å². The first kappa shape index (κ1) is 20.6. The summed E-state index contributed by atoms with van der Waals surface area (Å²) in [5.41, 5.74) is 8.84. The number of imidazole rings is 1. The number of hydrogen-bond donors (Lipinski definition) is 3. The summed E-state index contributed by atoms with van der Waals surface area (Å²) in [6, 6.07) is 13.6. The van der Waals surface area contributed by atoms with Crippen molar-refractivity contribution < 1.29 is 8.42 Å². The van der Waals surface area contributed by atoms with E-state index in [-0.39, 0.29) is 4.90 Å². The largest absolute Gasteiger partial charge is 0.384 e. The molecule has 0 aliphatic rings. The lowest BCUT2D eigenvalue weighted by Gasteiger charge is -2.08. The minimum absolute atomic E-state index is 0.216. The van der Waals surface area contributed by atoms with Gasteiger partial charge in [-0.1, -0.05) is 12.1 Å². The molecule has 0 fully saturated rings. The van der Waals surface area contributed by atoms with Gasteiger partial charge in [0, 0.05) is 30.1 Å². The van der Waals surface area contributed by atoms with E-state index in [1.54, 1.807) is 66.2 Å². The highest BCUT2D eigenvalue weighted by atomic mass is 32.2. The molecule has 1 aromatic carbocycles. The van der Waals surface area contributed by atoms with Gasteiger partial charge in [-0.3, -0.25) is 5.10 Å². The van der Waals surface area contributed by atoms with Crippen LogP contribution in [0.1, 0.15) is 5.82 Å². The molecular formula is C21H19N9O2S. The summed E-state index contributed by atoms with van der Waals surface area (Å²) in [6.07, 6.45) is 2.86. The van der Waals surface area contributed by atoms with Crippen molar-refractivity contribution in [2.45, 2.75) is 11.8 Å². The van der Waals surface area contributed by atoms with E-state index in [2.05, 4.69) is 30.5 Å². The third kappa shape index (κ3) is 3.99. The molecule has 4 aromatic heterocycles. The number of fused-ring (bicyclic) bond motifs is 1. The summed E-state index contributed by atoms with van der Waals surface area (Å²) in [5, 5.41) is 14.8. The van der Waals surface area contributed by atoms with Crippen LogP contribution in [0, 0.1) is 6.92 Å². The Morgan fingerprint density at radius 1 is 1.03 bits per heavy atom. The quantitative estimate of drug-likeness (QED) is 0.358. The lowest BCUT2D eigenvalue weighted by atomic mass is 10.1. The second-order valence-corrected chi connectivity index (χ2v) is 9.42. The van der Waals surface area contributed by atoms with E-state index in [1.165, 1.54) is 6.26 Å². The smallest absolute Gasteiger partial charge is 0.175 e. The second kappa shape index (κ2) is 7.67. The molecule has 33 heavy (non-hydrogen) atoms. The summed E-state index contributed by atoms with van der Waals surface area (Å²) in [7, 11) is -3.36. The highest BCUT2D eigenvalue weighted by Gasteiger charge is 2.19. The molecule has 166 valence electrons. The van der Waals surface area contributed by atoms with Gasteiger partial charge in [-0.05, 0) is 31.2 Å². The molecule has 0 saturated carbocycles. The van der Waals surface area contributed by atoms with Crippen molar-refractivity contribution in [2.24, 2.45) is 0 Å². The van der Waals surface area contributed by atoms with Crippen LogP contribution in [0.5, 0.6) is 0 Å². The van der Waals surface area contributed by atoms with E-state index < -0.39 is 9.84 Å². The van der Waals surface area contributed by atoms with Gasteiger partial charge in [-0.15, -0.1) is 0 Å². The van der Waals surface area contributed by atoms with Gasteiger partial charge in [-0.25, -0.2) is 27.9 Å². The Bertz CT molecular complexity index is 1570. The van der Waals surface area contributed by atoms with Crippen LogP contribution in [0.25, 0.3) is 28.3 Å². The zero-order valence-electron chi connectivity index (χ0n) is 17.7. The van der Waals surface area contributed by atoms with E-state index in [1.807, 2.05) is 0 Å². The SMILES string of the molecule is Cc1nc(N)cc(-c2c(Nc3cc[nH]n3)nc3ccc(-c4cccc(S(C)(=O)=O)c4)nn23)n1. The van der Waals surface area contributed by atoms with Gasteiger partial charge in [0.2, 0.25) is 0 Å². The number of aromatic nitrogens is 7. The molecule has 4 N–H and O–H groups in total. The number of nitrogens with two attached hydrogens (primary N) is 1. The first-order valence-electron chi connectivity index (χ1n) is 9.86. The Labute approximate surface area is 188 Å². The molecule has 0 bridgehead atoms. The molecule has 0 radical (unpaired) electrons. The first-order valence-corrected chi connectivity index (χ1v) is 11.8. The van der Waals surface area contributed by atoms with E-state index in [9.17, 15) is 8.42 Å². The number of nitrogen functional groups attached to an aromatic ring is 1. The number of nitrogens with zero attached hydrogens (tertiary/aromatic N) is 6. The van der Waals surface area contributed by atoms with E-state index >= 15 is 0 Å². The van der Waals surface area contributed by atoms with Crippen molar-refractivity contribution in [3.8, 4) is 22.6 Å². The number of anilines is 3. The van der Waals surface area contributed by atoms with Crippen LogP contribution in [0.15, 0.2) is 59.6 Å². The Balaban J connectivity index is 1.72. The molecule has 4 heterocycles. The summed E-state index contributed by atoms with van der Waals surface area (Å²) >= 11 is 0. The van der Waals surface area contributed by atoms with Crippen molar-refractivity contribution in [1.82, 2.24) is 34.8 Å². The molecule has 0 unspecified atom stereocenters. The van der Waals surface area contributed by atoms with Gasteiger partial charge in [0.25, 0.3) is 0 Å².